The summed E-state index contributed by atoms with van der Waals surface area (Å²) < 4.78 is 25.8. The Bertz CT molecular complexity index is 580. The van der Waals surface area contributed by atoms with Crippen molar-refractivity contribution >= 4 is 6.29 Å². The van der Waals surface area contributed by atoms with E-state index in [4.69, 9.17) is 5.73 Å². The molecule has 2 rings (SSSR count). The lowest BCUT2D eigenvalue weighted by Crippen LogP contribution is -2.42. The average Bonchev–Trinajstić information content (AvgIpc) is 2.49. The summed E-state index contributed by atoms with van der Waals surface area (Å²) in [6.45, 7) is 0. The molecule has 1 aromatic carbocycles. The van der Waals surface area contributed by atoms with Crippen LogP contribution in [0.25, 0.3) is 0 Å². The highest BCUT2D eigenvalue weighted by Gasteiger charge is 2.25. The van der Waals surface area contributed by atoms with Gasteiger partial charge in [0.15, 0.2) is 11.6 Å². The van der Waals surface area contributed by atoms with Crippen LogP contribution in [-0.2, 0) is 11.2 Å². The number of carbonyl (C=O) groups is 1. The molecule has 2 nitrogen and oxygen atoms in total. The minimum Gasteiger partial charge on any atom is -0.319 e. The quantitative estimate of drug-likeness (QED) is 0.844. The molecule has 0 aliphatic heterocycles. The maximum absolute atomic E-state index is 13.0. The van der Waals surface area contributed by atoms with Gasteiger partial charge in [-0.1, -0.05) is 29.9 Å². The van der Waals surface area contributed by atoms with E-state index in [0.717, 1.165) is 30.8 Å². The fourth-order valence-corrected chi connectivity index (χ4v) is 2.34. The summed E-state index contributed by atoms with van der Waals surface area (Å²) in [6.07, 6.45) is 10.3. The lowest BCUT2D eigenvalue weighted by Gasteiger charge is -2.26. The van der Waals surface area contributed by atoms with Crippen LogP contribution >= 0.6 is 0 Å². The first-order chi connectivity index (χ1) is 10.0. The van der Waals surface area contributed by atoms with Crippen LogP contribution in [-0.4, -0.2) is 11.8 Å². The summed E-state index contributed by atoms with van der Waals surface area (Å²) in [5, 5.41) is 0. The Morgan fingerprint density at radius 1 is 1.29 bits per heavy atom. The second kappa shape index (κ2) is 6.76. The van der Waals surface area contributed by atoms with E-state index in [0.29, 0.717) is 19.3 Å². The Kier molecular flexibility index (Phi) is 5.02. The van der Waals surface area contributed by atoms with E-state index in [9.17, 15) is 13.6 Å². The summed E-state index contributed by atoms with van der Waals surface area (Å²) in [7, 11) is 0. The molecule has 0 saturated heterocycles. The molecule has 0 saturated carbocycles. The van der Waals surface area contributed by atoms with E-state index in [-0.39, 0.29) is 0 Å². The molecule has 0 bridgehead atoms. The normalized spacial score (nSPS) is 22.3. The third kappa shape index (κ3) is 4.33. The van der Waals surface area contributed by atoms with Crippen molar-refractivity contribution in [1.82, 2.24) is 0 Å². The summed E-state index contributed by atoms with van der Waals surface area (Å²) in [5.74, 6) is -1.62. The van der Waals surface area contributed by atoms with Crippen LogP contribution in [0.3, 0.4) is 0 Å². The topological polar surface area (TPSA) is 43.1 Å². The molecule has 4 heteroatoms. The molecule has 0 aromatic heterocycles. The van der Waals surface area contributed by atoms with E-state index in [1.807, 2.05) is 18.2 Å². The number of aldehydes is 1. The van der Waals surface area contributed by atoms with Crippen LogP contribution in [0.4, 0.5) is 8.78 Å². The summed E-state index contributed by atoms with van der Waals surface area (Å²) in [6, 6.07) is 3.98. The summed E-state index contributed by atoms with van der Waals surface area (Å²) >= 11 is 0. The van der Waals surface area contributed by atoms with Crippen LogP contribution in [0.15, 0.2) is 42.0 Å². The number of carbonyl (C=O) groups excluding carboxylic acids is 1. The Morgan fingerprint density at radius 2 is 2.10 bits per heavy atom. The standard InChI is InChI=1S/C17H19F2NO/c18-15-6-5-14(11-16(15)19)4-2-1-3-13-7-9-17(20,12-21)10-8-13/h1,3,5-7,11-12H,2,4,8-10,20H2/b3-1+. The number of hydrogen-bond donors (Lipinski definition) is 1. The zero-order valence-electron chi connectivity index (χ0n) is 11.8. The molecule has 21 heavy (non-hydrogen) atoms. The fourth-order valence-electron chi connectivity index (χ4n) is 2.34. The molecule has 0 spiro atoms. The zero-order chi connectivity index (χ0) is 15.3. The molecule has 1 unspecified atom stereocenters. The van der Waals surface area contributed by atoms with Gasteiger partial charge in [0.05, 0.1) is 5.54 Å². The SMILES string of the molecule is NC1(C=O)CC=C(/C=C/CCc2ccc(F)c(F)c2)CC1. The summed E-state index contributed by atoms with van der Waals surface area (Å²) in [5.41, 5.74) is 7.12. The van der Waals surface area contributed by atoms with E-state index in [1.165, 1.54) is 11.6 Å². The number of allylic oxidation sites excluding steroid dienone is 3. The highest BCUT2D eigenvalue weighted by atomic mass is 19.2. The molecule has 1 aliphatic rings. The van der Waals surface area contributed by atoms with Crippen LogP contribution < -0.4 is 5.73 Å². The third-order valence-electron chi connectivity index (χ3n) is 3.77. The first-order valence-electron chi connectivity index (χ1n) is 7.07. The lowest BCUT2D eigenvalue weighted by molar-refractivity contribution is -0.112. The second-order valence-electron chi connectivity index (χ2n) is 5.52. The van der Waals surface area contributed by atoms with Gasteiger partial charge in [0.2, 0.25) is 0 Å². The second-order valence-corrected chi connectivity index (χ2v) is 5.52. The number of aryl methyl sites for hydroxylation is 1. The molecule has 1 aliphatic carbocycles. The highest BCUT2D eigenvalue weighted by Crippen LogP contribution is 2.24. The predicted octanol–water partition coefficient (Wildman–Crippen LogP) is 3.46. The largest absolute Gasteiger partial charge is 0.319 e. The Balaban J connectivity index is 1.83. The van der Waals surface area contributed by atoms with Crippen molar-refractivity contribution < 1.29 is 13.6 Å². The Hall–Kier alpha value is -1.81. The average molecular weight is 291 g/mol. The molecule has 0 radical (unpaired) electrons. The molecule has 0 fully saturated rings. The van der Waals surface area contributed by atoms with Gasteiger partial charge in [-0.05, 0) is 49.8 Å². The van der Waals surface area contributed by atoms with Crippen molar-refractivity contribution in [1.29, 1.82) is 0 Å². The maximum atomic E-state index is 13.0. The predicted molar refractivity (Wildman–Crippen MR) is 78.7 cm³/mol. The molecular formula is C17H19F2NO. The molecular weight excluding hydrogens is 272 g/mol. The summed E-state index contributed by atoms with van der Waals surface area (Å²) in [4.78, 5) is 10.8. The third-order valence-corrected chi connectivity index (χ3v) is 3.77. The maximum Gasteiger partial charge on any atom is 0.159 e. The van der Waals surface area contributed by atoms with E-state index < -0.39 is 17.2 Å². The number of nitrogens with two attached hydrogens (primary N) is 1. The van der Waals surface area contributed by atoms with Crippen LogP contribution in [0, 0.1) is 11.6 Å². The molecule has 0 amide bonds. The van der Waals surface area contributed by atoms with Gasteiger partial charge in [-0.3, -0.25) is 0 Å². The van der Waals surface area contributed by atoms with Gasteiger partial charge in [-0.15, -0.1) is 0 Å². The molecule has 2 N–H and O–H groups in total. The van der Waals surface area contributed by atoms with Gasteiger partial charge in [-0.2, -0.15) is 0 Å². The van der Waals surface area contributed by atoms with Gasteiger partial charge in [0.25, 0.3) is 0 Å². The van der Waals surface area contributed by atoms with Crippen LogP contribution in [0.5, 0.6) is 0 Å². The van der Waals surface area contributed by atoms with Gasteiger partial charge in [0, 0.05) is 0 Å². The van der Waals surface area contributed by atoms with Gasteiger partial charge < -0.3 is 10.5 Å². The van der Waals surface area contributed by atoms with Gasteiger partial charge in [-0.25, -0.2) is 8.78 Å². The minimum absolute atomic E-state index is 0.569. The number of hydrogen-bond acceptors (Lipinski definition) is 2. The van der Waals surface area contributed by atoms with Crippen LogP contribution in [0.1, 0.15) is 31.2 Å². The first kappa shape index (κ1) is 15.6. The van der Waals surface area contributed by atoms with Crippen molar-refractivity contribution in [2.45, 2.75) is 37.6 Å². The van der Waals surface area contributed by atoms with Crippen LogP contribution in [0.2, 0.25) is 0 Å². The highest BCUT2D eigenvalue weighted by molar-refractivity contribution is 5.65. The Labute approximate surface area is 123 Å². The van der Waals surface area contributed by atoms with Gasteiger partial charge >= 0.3 is 0 Å². The number of rotatable bonds is 5. The van der Waals surface area contributed by atoms with Gasteiger partial charge in [0.1, 0.15) is 6.29 Å². The molecule has 0 heterocycles. The van der Waals surface area contributed by atoms with Crippen molar-refractivity contribution in [3.63, 3.8) is 0 Å². The molecule has 112 valence electrons. The lowest BCUT2D eigenvalue weighted by atomic mass is 9.84. The van der Waals surface area contributed by atoms with Crippen molar-refractivity contribution in [2.75, 3.05) is 0 Å². The fraction of sp³-hybridized carbons (Fsp3) is 0.353. The van der Waals surface area contributed by atoms with Crippen molar-refractivity contribution in [3.05, 3.63) is 59.2 Å². The van der Waals surface area contributed by atoms with Crippen molar-refractivity contribution in [2.24, 2.45) is 5.73 Å². The van der Waals surface area contributed by atoms with E-state index >= 15 is 0 Å². The smallest absolute Gasteiger partial charge is 0.159 e. The number of benzene rings is 1. The van der Waals surface area contributed by atoms with Crippen molar-refractivity contribution in [3.8, 4) is 0 Å². The monoisotopic (exact) mass is 291 g/mol. The minimum atomic E-state index is -0.818. The zero-order valence-corrected chi connectivity index (χ0v) is 11.8. The first-order valence-corrected chi connectivity index (χ1v) is 7.07. The molecule has 1 aromatic rings. The molecule has 1 atom stereocenters. The Morgan fingerprint density at radius 3 is 2.71 bits per heavy atom. The van der Waals surface area contributed by atoms with E-state index in [1.54, 1.807) is 6.07 Å². The number of halogens is 2. The van der Waals surface area contributed by atoms with E-state index in [2.05, 4.69) is 0 Å².